The van der Waals surface area contributed by atoms with Crippen LogP contribution < -0.4 is 4.90 Å². The maximum atomic E-state index is 15.5. The second-order valence-corrected chi connectivity index (χ2v) is 9.90. The van der Waals surface area contributed by atoms with Gasteiger partial charge in [-0.15, -0.1) is 10.2 Å². The molecule has 10 heteroatoms. The smallest absolute Gasteiger partial charge is 0.198 e. The van der Waals surface area contributed by atoms with Crippen molar-refractivity contribution in [1.29, 1.82) is 5.26 Å². The Morgan fingerprint density at radius 3 is 2.69 bits per heavy atom. The molecule has 1 N–H and O–H groups in total. The lowest BCUT2D eigenvalue weighted by Crippen LogP contribution is -2.52. The lowest BCUT2D eigenvalue weighted by atomic mass is 9.69. The Labute approximate surface area is 201 Å². The Morgan fingerprint density at radius 2 is 2.00 bits per heavy atom. The summed E-state index contributed by atoms with van der Waals surface area (Å²) in [7, 11) is 0. The molecule has 2 heterocycles. The van der Waals surface area contributed by atoms with Crippen molar-refractivity contribution in [2.45, 2.75) is 63.2 Å². The van der Waals surface area contributed by atoms with Gasteiger partial charge in [0.2, 0.25) is 0 Å². The third-order valence-corrected chi connectivity index (χ3v) is 7.59. The van der Waals surface area contributed by atoms with E-state index in [2.05, 4.69) is 25.2 Å². The van der Waals surface area contributed by atoms with E-state index in [1.807, 2.05) is 0 Å². The van der Waals surface area contributed by atoms with Crippen molar-refractivity contribution in [3.63, 3.8) is 0 Å². The quantitative estimate of drug-likeness (QED) is 0.583. The second-order valence-electron chi connectivity index (χ2n) is 9.90. The molecule has 8 nitrogen and oxygen atoms in total. The van der Waals surface area contributed by atoms with E-state index in [4.69, 9.17) is 5.26 Å². The van der Waals surface area contributed by atoms with Gasteiger partial charge in [-0.1, -0.05) is 12.8 Å². The average molecular weight is 478 g/mol. The monoisotopic (exact) mass is 477 g/mol. The molecule has 35 heavy (non-hydrogen) atoms. The molecule has 2 aromatic heterocycles. The highest BCUT2D eigenvalue weighted by Crippen LogP contribution is 2.46. The Bertz CT molecular complexity index is 1280. The Morgan fingerprint density at radius 1 is 1.14 bits per heavy atom. The molecule has 1 aromatic carbocycles. The van der Waals surface area contributed by atoms with Crippen LogP contribution in [0.4, 0.5) is 14.6 Å². The summed E-state index contributed by atoms with van der Waals surface area (Å²) >= 11 is 0. The number of rotatable bonds is 5. The molecule has 4 atom stereocenters. The molecule has 3 aliphatic rings. The van der Waals surface area contributed by atoms with Gasteiger partial charge in [-0.2, -0.15) is 10.4 Å². The molecule has 6 rings (SSSR count). The molecule has 3 fully saturated rings. The van der Waals surface area contributed by atoms with Gasteiger partial charge >= 0.3 is 0 Å². The number of halogens is 2. The molecule has 0 amide bonds. The zero-order valence-corrected chi connectivity index (χ0v) is 19.1. The highest BCUT2D eigenvalue weighted by atomic mass is 19.1. The SMILES string of the molecule is N#Cc1nn(-c2ccc(-c3ncc(N(C4CC4)[C@@H]4C[C@H]5CCC[C@H](C5)[C@@H]4F)nn3)c(O)c2)cc1F. The van der Waals surface area contributed by atoms with E-state index in [-0.39, 0.29) is 35.3 Å². The van der Waals surface area contributed by atoms with Crippen molar-refractivity contribution in [3.8, 4) is 28.9 Å². The van der Waals surface area contributed by atoms with Crippen molar-refractivity contribution in [2.75, 3.05) is 4.90 Å². The van der Waals surface area contributed by atoms with Gasteiger partial charge in [-0.25, -0.2) is 18.4 Å². The summed E-state index contributed by atoms with van der Waals surface area (Å²) in [4.78, 5) is 6.56. The lowest BCUT2D eigenvalue weighted by molar-refractivity contribution is 0.0631. The number of nitrogens with zero attached hydrogens (tertiary/aromatic N) is 7. The van der Waals surface area contributed by atoms with Gasteiger partial charge in [-0.3, -0.25) is 0 Å². The zero-order valence-electron chi connectivity index (χ0n) is 19.1. The van der Waals surface area contributed by atoms with Gasteiger partial charge < -0.3 is 10.0 Å². The van der Waals surface area contributed by atoms with Gasteiger partial charge in [0.25, 0.3) is 0 Å². The van der Waals surface area contributed by atoms with Crippen LogP contribution in [0.25, 0.3) is 17.1 Å². The number of phenolic OH excluding ortho intramolecular Hbond substituents is 1. The lowest BCUT2D eigenvalue weighted by Gasteiger charge is -2.46. The van der Waals surface area contributed by atoms with Crippen molar-refractivity contribution in [3.05, 3.63) is 42.1 Å². The van der Waals surface area contributed by atoms with Crippen molar-refractivity contribution >= 4 is 5.82 Å². The fourth-order valence-electron chi connectivity index (χ4n) is 5.79. The molecule has 2 bridgehead atoms. The van der Waals surface area contributed by atoms with Crippen LogP contribution in [-0.2, 0) is 0 Å². The number of fused-ring (bicyclic) bond motifs is 2. The highest BCUT2D eigenvalue weighted by molar-refractivity contribution is 5.66. The number of anilines is 1. The first-order valence-electron chi connectivity index (χ1n) is 12.1. The summed E-state index contributed by atoms with van der Waals surface area (Å²) in [5, 5.41) is 32.0. The number of nitriles is 1. The minimum atomic E-state index is -0.862. The Kier molecular flexibility index (Phi) is 5.35. The molecule has 0 spiro atoms. The minimum absolute atomic E-state index is 0.130. The normalized spacial score (nSPS) is 25.7. The van der Waals surface area contributed by atoms with Gasteiger partial charge in [0.1, 0.15) is 18.0 Å². The third-order valence-electron chi connectivity index (χ3n) is 7.59. The van der Waals surface area contributed by atoms with E-state index in [1.165, 1.54) is 17.2 Å². The van der Waals surface area contributed by atoms with Crippen LogP contribution in [0.15, 0.2) is 30.6 Å². The van der Waals surface area contributed by atoms with Gasteiger partial charge in [0, 0.05) is 12.1 Å². The minimum Gasteiger partial charge on any atom is -0.507 e. The molecule has 0 unspecified atom stereocenters. The molecule has 0 radical (unpaired) electrons. The average Bonchev–Trinajstić information content (AvgIpc) is 3.63. The largest absolute Gasteiger partial charge is 0.507 e. The van der Waals surface area contributed by atoms with Crippen LogP contribution in [0.2, 0.25) is 0 Å². The summed E-state index contributed by atoms with van der Waals surface area (Å²) < 4.78 is 30.4. The van der Waals surface area contributed by atoms with Crippen molar-refractivity contribution in [1.82, 2.24) is 25.0 Å². The molecule has 3 aliphatic carbocycles. The van der Waals surface area contributed by atoms with Gasteiger partial charge in [0.15, 0.2) is 23.2 Å². The van der Waals surface area contributed by atoms with Crippen LogP contribution in [0, 0.1) is 29.0 Å². The van der Waals surface area contributed by atoms with E-state index in [9.17, 15) is 9.50 Å². The molecule has 3 aromatic rings. The van der Waals surface area contributed by atoms with E-state index in [0.717, 1.165) is 44.7 Å². The maximum Gasteiger partial charge on any atom is 0.198 e. The summed E-state index contributed by atoms with van der Waals surface area (Å²) in [5.41, 5.74) is 0.413. The van der Waals surface area contributed by atoms with E-state index >= 15 is 4.39 Å². The number of benzene rings is 1. The molecular formula is C25H25F2N7O. The van der Waals surface area contributed by atoms with Gasteiger partial charge in [0.05, 0.1) is 29.7 Å². The fraction of sp³-hybridized carbons (Fsp3) is 0.480. The number of alkyl halides is 1. The standard InChI is InChI=1S/C25H25F2N7O/c26-19-13-33(32-20(19)11-28)17-6-7-18(22(35)10-17)25-29-12-23(30-31-25)34(16-4-5-16)21-9-14-2-1-3-15(8-14)24(21)27/h6-7,10,12-16,21,24,35H,1-5,8-9H2/t14-,15+,21+,24-/m0/s1. The fourth-order valence-corrected chi connectivity index (χ4v) is 5.79. The predicted molar refractivity (Wildman–Crippen MR) is 123 cm³/mol. The number of aromatic hydroxyl groups is 1. The Balaban J connectivity index is 1.26. The highest BCUT2D eigenvalue weighted by Gasteiger charge is 2.46. The van der Waals surface area contributed by atoms with E-state index in [1.54, 1.807) is 24.4 Å². The first-order chi connectivity index (χ1) is 17.0. The summed E-state index contributed by atoms with van der Waals surface area (Å²) in [6.07, 6.45) is 8.98. The van der Waals surface area contributed by atoms with Crippen molar-refractivity contribution < 1.29 is 13.9 Å². The number of hydrogen-bond acceptors (Lipinski definition) is 7. The number of phenols is 1. The first-order valence-corrected chi connectivity index (χ1v) is 12.1. The van der Waals surface area contributed by atoms with Crippen LogP contribution >= 0.6 is 0 Å². The molecule has 0 saturated heterocycles. The summed E-state index contributed by atoms with van der Waals surface area (Å²) in [5.74, 6) is 0.657. The molecule has 180 valence electrons. The van der Waals surface area contributed by atoms with Crippen LogP contribution in [0.3, 0.4) is 0 Å². The molecule has 0 aliphatic heterocycles. The number of hydrogen-bond donors (Lipinski definition) is 1. The summed E-state index contributed by atoms with van der Waals surface area (Å²) in [6, 6.07) is 6.37. The predicted octanol–water partition coefficient (Wildman–Crippen LogP) is 4.33. The summed E-state index contributed by atoms with van der Waals surface area (Å²) in [6.45, 7) is 0. The molecular weight excluding hydrogens is 452 g/mol. The third kappa shape index (κ3) is 3.99. The van der Waals surface area contributed by atoms with Crippen LogP contribution in [0.1, 0.15) is 50.6 Å². The number of aromatic nitrogens is 5. The Hall–Kier alpha value is -3.61. The van der Waals surface area contributed by atoms with Crippen LogP contribution in [-0.4, -0.2) is 48.3 Å². The van der Waals surface area contributed by atoms with Crippen LogP contribution in [0.5, 0.6) is 5.75 Å². The van der Waals surface area contributed by atoms with Gasteiger partial charge in [-0.05, 0) is 56.1 Å². The van der Waals surface area contributed by atoms with Crippen molar-refractivity contribution in [2.24, 2.45) is 11.8 Å². The zero-order chi connectivity index (χ0) is 24.1. The molecule has 3 saturated carbocycles. The topological polar surface area (TPSA) is 104 Å². The second kappa shape index (κ2) is 8.56. The van der Waals surface area contributed by atoms with E-state index in [0.29, 0.717) is 23.0 Å². The van der Waals surface area contributed by atoms with E-state index < -0.39 is 12.0 Å². The maximum absolute atomic E-state index is 15.5. The first kappa shape index (κ1) is 21.9.